The molecule has 2 N–H and O–H groups in total. The van der Waals surface area contributed by atoms with Crippen molar-refractivity contribution in [2.24, 2.45) is 5.73 Å². The van der Waals surface area contributed by atoms with Crippen molar-refractivity contribution in [1.29, 1.82) is 0 Å². The first-order valence-electron chi connectivity index (χ1n) is 7.51. The Kier molecular flexibility index (Phi) is 5.50. The summed E-state index contributed by atoms with van der Waals surface area (Å²) < 4.78 is 0. The van der Waals surface area contributed by atoms with Crippen LogP contribution in [-0.2, 0) is 0 Å². The lowest BCUT2D eigenvalue weighted by Gasteiger charge is -2.27. The van der Waals surface area contributed by atoms with Crippen molar-refractivity contribution in [3.8, 4) is 0 Å². The van der Waals surface area contributed by atoms with E-state index in [1.54, 1.807) is 0 Å². The van der Waals surface area contributed by atoms with E-state index in [0.717, 1.165) is 12.1 Å². The minimum absolute atomic E-state index is 0.288. The minimum atomic E-state index is 0.288. The third-order valence-corrected chi connectivity index (χ3v) is 3.88. The zero-order valence-electron chi connectivity index (χ0n) is 12.5. The van der Waals surface area contributed by atoms with Gasteiger partial charge in [-0.15, -0.1) is 0 Å². The summed E-state index contributed by atoms with van der Waals surface area (Å²) in [7, 11) is 2.17. The van der Waals surface area contributed by atoms with Crippen molar-refractivity contribution >= 4 is 10.9 Å². The largest absolute Gasteiger partial charge is 0.329 e. The molecule has 0 saturated heterocycles. The summed E-state index contributed by atoms with van der Waals surface area (Å²) in [6, 6.07) is 10.8. The molecule has 2 rings (SSSR count). The fourth-order valence-corrected chi connectivity index (χ4v) is 2.64. The summed E-state index contributed by atoms with van der Waals surface area (Å²) in [6.45, 7) is 3.98. The number of nitrogens with two attached hydrogens (primary N) is 1. The molecule has 0 aliphatic rings. The number of aromatic nitrogens is 1. The molecular formula is C17H25N3. The Bertz CT molecular complexity index is 539. The molecule has 0 aliphatic carbocycles. The molecular weight excluding hydrogens is 246 g/mol. The first-order valence-corrected chi connectivity index (χ1v) is 7.51. The highest BCUT2D eigenvalue weighted by Crippen LogP contribution is 2.22. The van der Waals surface area contributed by atoms with Crippen LogP contribution >= 0.6 is 0 Å². The number of hydrogen-bond acceptors (Lipinski definition) is 3. The highest BCUT2D eigenvalue weighted by molar-refractivity contribution is 5.79. The third kappa shape index (κ3) is 3.56. The minimum Gasteiger partial charge on any atom is -0.329 e. The Morgan fingerprint density at radius 3 is 2.85 bits per heavy atom. The zero-order chi connectivity index (χ0) is 14.4. The van der Waals surface area contributed by atoms with Crippen LogP contribution in [0.5, 0.6) is 0 Å². The molecule has 2 aromatic rings. The molecule has 3 nitrogen and oxygen atoms in total. The number of benzene rings is 1. The summed E-state index contributed by atoms with van der Waals surface area (Å²) in [5.41, 5.74) is 8.32. The number of likely N-dealkylation sites (N-methyl/N-ethyl adjacent to an activating group) is 1. The second-order valence-electron chi connectivity index (χ2n) is 5.39. The van der Waals surface area contributed by atoms with E-state index < -0.39 is 0 Å². The van der Waals surface area contributed by atoms with Crippen LogP contribution in [0.15, 0.2) is 36.5 Å². The topological polar surface area (TPSA) is 42.1 Å². The highest BCUT2D eigenvalue weighted by atomic mass is 15.1. The van der Waals surface area contributed by atoms with Gasteiger partial charge in [0.15, 0.2) is 0 Å². The number of unbranched alkanes of at least 4 members (excludes halogenated alkanes) is 2. The van der Waals surface area contributed by atoms with Crippen molar-refractivity contribution < 1.29 is 0 Å². The molecule has 1 atom stereocenters. The molecule has 0 amide bonds. The molecule has 1 heterocycles. The lowest BCUT2D eigenvalue weighted by atomic mass is 10.0. The van der Waals surface area contributed by atoms with Crippen molar-refractivity contribution in [3.05, 3.63) is 42.1 Å². The molecule has 0 saturated carbocycles. The summed E-state index contributed by atoms with van der Waals surface area (Å²) in [6.07, 6.45) is 5.60. The van der Waals surface area contributed by atoms with E-state index in [2.05, 4.69) is 48.1 Å². The van der Waals surface area contributed by atoms with Crippen molar-refractivity contribution in [2.75, 3.05) is 20.1 Å². The van der Waals surface area contributed by atoms with E-state index in [1.807, 2.05) is 12.3 Å². The molecule has 0 fully saturated rings. The lowest BCUT2D eigenvalue weighted by molar-refractivity contribution is 0.245. The van der Waals surface area contributed by atoms with Crippen LogP contribution < -0.4 is 5.73 Å². The first-order chi connectivity index (χ1) is 9.76. The van der Waals surface area contributed by atoms with E-state index >= 15 is 0 Å². The van der Waals surface area contributed by atoms with Crippen LogP contribution in [0.2, 0.25) is 0 Å². The van der Waals surface area contributed by atoms with Crippen molar-refractivity contribution in [2.45, 2.75) is 32.2 Å². The fraction of sp³-hybridized carbons (Fsp3) is 0.471. The predicted octanol–water partition coefficient (Wildman–Crippen LogP) is 3.36. The van der Waals surface area contributed by atoms with Gasteiger partial charge in [-0.05, 0) is 43.8 Å². The van der Waals surface area contributed by atoms with Gasteiger partial charge >= 0.3 is 0 Å². The summed E-state index contributed by atoms with van der Waals surface area (Å²) in [5.74, 6) is 0. The molecule has 1 aromatic carbocycles. The Labute approximate surface area is 121 Å². The molecule has 1 aromatic heterocycles. The lowest BCUT2D eigenvalue weighted by Crippen LogP contribution is -2.31. The van der Waals surface area contributed by atoms with Crippen molar-refractivity contribution in [1.82, 2.24) is 9.88 Å². The average Bonchev–Trinajstić information content (AvgIpc) is 2.48. The van der Waals surface area contributed by atoms with Gasteiger partial charge in [-0.2, -0.15) is 0 Å². The maximum Gasteiger partial charge on any atom is 0.0702 e. The molecule has 3 heteroatoms. The molecule has 108 valence electrons. The maximum absolute atomic E-state index is 6.00. The van der Waals surface area contributed by atoms with E-state index in [1.165, 1.54) is 30.2 Å². The van der Waals surface area contributed by atoms with Crippen molar-refractivity contribution in [3.63, 3.8) is 0 Å². The van der Waals surface area contributed by atoms with E-state index in [9.17, 15) is 0 Å². The summed E-state index contributed by atoms with van der Waals surface area (Å²) in [5, 5.41) is 1.19. The Morgan fingerprint density at radius 1 is 1.25 bits per heavy atom. The number of pyridine rings is 1. The van der Waals surface area contributed by atoms with Gasteiger partial charge in [0.05, 0.1) is 5.52 Å². The van der Waals surface area contributed by atoms with Crippen LogP contribution in [0.3, 0.4) is 0 Å². The quantitative estimate of drug-likeness (QED) is 0.785. The Morgan fingerprint density at radius 2 is 2.10 bits per heavy atom. The van der Waals surface area contributed by atoms with Crippen LogP contribution in [0.4, 0.5) is 0 Å². The van der Waals surface area contributed by atoms with Gasteiger partial charge in [0.1, 0.15) is 0 Å². The zero-order valence-corrected chi connectivity index (χ0v) is 12.5. The monoisotopic (exact) mass is 271 g/mol. The Hall–Kier alpha value is -1.45. The van der Waals surface area contributed by atoms with E-state index in [4.69, 9.17) is 5.73 Å². The normalized spacial score (nSPS) is 13.0. The average molecular weight is 271 g/mol. The van der Waals surface area contributed by atoms with Gasteiger partial charge in [0, 0.05) is 24.2 Å². The number of hydrogen-bond donors (Lipinski definition) is 1. The van der Waals surface area contributed by atoms with Gasteiger partial charge in [-0.3, -0.25) is 9.88 Å². The van der Waals surface area contributed by atoms with Crippen LogP contribution in [0, 0.1) is 0 Å². The van der Waals surface area contributed by atoms with Crippen LogP contribution in [0.1, 0.15) is 37.8 Å². The van der Waals surface area contributed by atoms with Gasteiger partial charge < -0.3 is 5.73 Å². The van der Waals surface area contributed by atoms with Gasteiger partial charge in [-0.25, -0.2) is 0 Å². The molecule has 0 bridgehead atoms. The number of rotatable bonds is 7. The van der Waals surface area contributed by atoms with Gasteiger partial charge in [0.25, 0.3) is 0 Å². The predicted molar refractivity (Wildman–Crippen MR) is 85.7 cm³/mol. The second-order valence-corrected chi connectivity index (χ2v) is 5.39. The molecule has 20 heavy (non-hydrogen) atoms. The first kappa shape index (κ1) is 14.9. The van der Waals surface area contributed by atoms with Crippen LogP contribution in [-0.4, -0.2) is 30.0 Å². The molecule has 0 aliphatic heterocycles. The van der Waals surface area contributed by atoms with E-state index in [0.29, 0.717) is 6.54 Å². The molecule has 0 radical (unpaired) electrons. The summed E-state index contributed by atoms with van der Waals surface area (Å²) >= 11 is 0. The van der Waals surface area contributed by atoms with Gasteiger partial charge in [-0.1, -0.05) is 31.9 Å². The third-order valence-electron chi connectivity index (χ3n) is 3.88. The molecule has 0 spiro atoms. The Balaban J connectivity index is 2.16. The fourth-order valence-electron chi connectivity index (χ4n) is 2.64. The number of fused-ring (bicyclic) bond motifs is 1. The second kappa shape index (κ2) is 7.36. The van der Waals surface area contributed by atoms with E-state index in [-0.39, 0.29) is 6.04 Å². The smallest absolute Gasteiger partial charge is 0.0702 e. The standard InChI is InChI=1S/C17H25N3/c1-3-4-5-11-20(2)17(13-18)15-8-9-16-14(12-15)7-6-10-19-16/h6-10,12,17H,3-5,11,13,18H2,1-2H3. The van der Waals surface area contributed by atoms with Gasteiger partial charge in [0.2, 0.25) is 0 Å². The maximum atomic E-state index is 6.00. The molecule has 1 unspecified atom stereocenters. The SMILES string of the molecule is CCCCCN(C)C(CN)c1ccc2ncccc2c1. The highest BCUT2D eigenvalue weighted by Gasteiger charge is 2.15. The number of nitrogens with zero attached hydrogens (tertiary/aromatic N) is 2. The van der Waals surface area contributed by atoms with Crippen LogP contribution in [0.25, 0.3) is 10.9 Å². The summed E-state index contributed by atoms with van der Waals surface area (Å²) in [4.78, 5) is 6.74.